The first-order chi connectivity index (χ1) is 12.5. The third-order valence-corrected chi connectivity index (χ3v) is 5.15. The molecule has 0 aliphatic rings. The number of nitro benzene ring substituents is 1. The maximum atomic E-state index is 14.1. The van der Waals surface area contributed by atoms with E-state index in [1.54, 1.807) is 0 Å². The highest BCUT2D eigenvalue weighted by molar-refractivity contribution is 7.92. The van der Waals surface area contributed by atoms with Crippen LogP contribution in [0, 0.1) is 15.9 Å². The molecule has 0 spiro atoms. The van der Waals surface area contributed by atoms with E-state index in [1.165, 1.54) is 31.2 Å². The number of hydrogen-bond acceptors (Lipinski definition) is 5. The van der Waals surface area contributed by atoms with Crippen LogP contribution < -0.4 is 9.62 Å². The van der Waals surface area contributed by atoms with Crippen LogP contribution in [0.15, 0.2) is 42.5 Å². The Morgan fingerprint density at radius 1 is 1.30 bits per heavy atom. The molecule has 0 aliphatic heterocycles. The van der Waals surface area contributed by atoms with Gasteiger partial charge in [-0.25, -0.2) is 12.8 Å². The van der Waals surface area contributed by atoms with E-state index in [9.17, 15) is 27.7 Å². The number of non-ortho nitro benzene ring substituents is 1. The molecule has 1 amide bonds. The van der Waals surface area contributed by atoms with Crippen molar-refractivity contribution in [3.8, 4) is 0 Å². The van der Waals surface area contributed by atoms with Crippen molar-refractivity contribution < 1.29 is 22.5 Å². The summed E-state index contributed by atoms with van der Waals surface area (Å²) in [5, 5.41) is 13.2. The molecule has 27 heavy (non-hydrogen) atoms. The molecular formula is C16H15ClFN3O5S. The minimum absolute atomic E-state index is 0.0259. The fourth-order valence-corrected chi connectivity index (χ4v) is 3.71. The number of nitro groups is 1. The van der Waals surface area contributed by atoms with Gasteiger partial charge in [0.05, 0.1) is 27.6 Å². The van der Waals surface area contributed by atoms with E-state index < -0.39 is 32.7 Å². The number of amides is 1. The lowest BCUT2D eigenvalue weighted by atomic mass is 10.2. The lowest BCUT2D eigenvalue weighted by Crippen LogP contribution is -2.45. The molecule has 2 aromatic carbocycles. The summed E-state index contributed by atoms with van der Waals surface area (Å²) in [7, 11) is -4.02. The van der Waals surface area contributed by atoms with Crippen LogP contribution in [-0.2, 0) is 14.8 Å². The fraction of sp³-hybridized carbons (Fsp3) is 0.188. The first-order valence-electron chi connectivity index (χ1n) is 7.51. The molecule has 2 aromatic rings. The molecule has 1 unspecified atom stereocenters. The second-order valence-corrected chi connectivity index (χ2v) is 7.86. The molecule has 0 radical (unpaired) electrons. The van der Waals surface area contributed by atoms with E-state index in [-0.39, 0.29) is 22.1 Å². The molecule has 0 fully saturated rings. The summed E-state index contributed by atoms with van der Waals surface area (Å²) in [6, 6.07) is 7.17. The average molecular weight is 416 g/mol. The van der Waals surface area contributed by atoms with Crippen LogP contribution in [0.3, 0.4) is 0 Å². The number of carbonyl (C=O) groups excluding carboxylic acids is 1. The van der Waals surface area contributed by atoms with Gasteiger partial charge in [0.25, 0.3) is 5.69 Å². The third-order valence-electron chi connectivity index (χ3n) is 3.60. The summed E-state index contributed by atoms with van der Waals surface area (Å²) in [4.78, 5) is 22.7. The van der Waals surface area contributed by atoms with Gasteiger partial charge in [-0.05, 0) is 25.1 Å². The van der Waals surface area contributed by atoms with Gasteiger partial charge in [-0.1, -0.05) is 23.7 Å². The Bertz CT molecular complexity index is 999. The Kier molecular flexibility index (Phi) is 6.01. The van der Waals surface area contributed by atoms with Gasteiger partial charge in [0.2, 0.25) is 15.9 Å². The van der Waals surface area contributed by atoms with Crippen molar-refractivity contribution >= 4 is 44.6 Å². The normalized spacial score (nSPS) is 12.3. The van der Waals surface area contributed by atoms with Gasteiger partial charge < -0.3 is 5.32 Å². The number of rotatable bonds is 6. The Morgan fingerprint density at radius 3 is 2.48 bits per heavy atom. The number of nitrogens with zero attached hydrogens (tertiary/aromatic N) is 2. The van der Waals surface area contributed by atoms with Gasteiger partial charge in [-0.15, -0.1) is 0 Å². The molecule has 144 valence electrons. The van der Waals surface area contributed by atoms with E-state index in [0.717, 1.165) is 24.5 Å². The van der Waals surface area contributed by atoms with Crippen LogP contribution in [0.5, 0.6) is 0 Å². The SMILES string of the molecule is CC(C(=O)Nc1cc([N+](=O)[O-])ccc1Cl)N(c1ccccc1F)S(C)(=O)=O. The summed E-state index contributed by atoms with van der Waals surface area (Å²) in [6.45, 7) is 1.26. The van der Waals surface area contributed by atoms with E-state index in [4.69, 9.17) is 11.6 Å². The van der Waals surface area contributed by atoms with Gasteiger partial charge in [0.1, 0.15) is 11.9 Å². The van der Waals surface area contributed by atoms with E-state index in [0.29, 0.717) is 4.31 Å². The van der Waals surface area contributed by atoms with Crippen molar-refractivity contribution in [1.82, 2.24) is 0 Å². The van der Waals surface area contributed by atoms with Crippen molar-refractivity contribution in [1.29, 1.82) is 0 Å². The Morgan fingerprint density at radius 2 is 1.93 bits per heavy atom. The van der Waals surface area contributed by atoms with Crippen molar-refractivity contribution in [3.63, 3.8) is 0 Å². The van der Waals surface area contributed by atoms with Crippen molar-refractivity contribution in [3.05, 3.63) is 63.4 Å². The molecule has 2 rings (SSSR count). The number of sulfonamides is 1. The third kappa shape index (κ3) is 4.72. The summed E-state index contributed by atoms with van der Waals surface area (Å²) in [5.41, 5.74) is -0.672. The number of anilines is 2. The zero-order valence-electron chi connectivity index (χ0n) is 14.2. The van der Waals surface area contributed by atoms with Crippen molar-refractivity contribution in [2.45, 2.75) is 13.0 Å². The second-order valence-electron chi connectivity index (χ2n) is 5.60. The fourth-order valence-electron chi connectivity index (χ4n) is 2.37. The van der Waals surface area contributed by atoms with E-state index in [2.05, 4.69) is 5.32 Å². The van der Waals surface area contributed by atoms with Crippen LogP contribution >= 0.6 is 11.6 Å². The Balaban J connectivity index is 2.38. The largest absolute Gasteiger partial charge is 0.323 e. The highest BCUT2D eigenvalue weighted by atomic mass is 35.5. The highest BCUT2D eigenvalue weighted by Crippen LogP contribution is 2.28. The summed E-state index contributed by atoms with van der Waals surface area (Å²) < 4.78 is 39.0. The summed E-state index contributed by atoms with van der Waals surface area (Å²) >= 11 is 5.93. The molecule has 8 nitrogen and oxygen atoms in total. The first-order valence-corrected chi connectivity index (χ1v) is 9.73. The van der Waals surface area contributed by atoms with Crippen molar-refractivity contribution in [2.24, 2.45) is 0 Å². The summed E-state index contributed by atoms with van der Waals surface area (Å²) in [6.07, 6.45) is 0.837. The average Bonchev–Trinajstić information content (AvgIpc) is 2.57. The predicted molar refractivity (Wildman–Crippen MR) is 99.9 cm³/mol. The molecular weight excluding hydrogens is 401 g/mol. The zero-order valence-corrected chi connectivity index (χ0v) is 15.8. The molecule has 1 N–H and O–H groups in total. The van der Waals surface area contributed by atoms with E-state index in [1.807, 2.05) is 0 Å². The quantitative estimate of drug-likeness (QED) is 0.575. The second kappa shape index (κ2) is 7.89. The van der Waals surface area contributed by atoms with Gasteiger partial charge in [-0.2, -0.15) is 0 Å². The lowest BCUT2D eigenvalue weighted by Gasteiger charge is -2.28. The number of para-hydroxylation sites is 1. The smallest absolute Gasteiger partial charge is 0.271 e. The zero-order chi connectivity index (χ0) is 20.4. The van der Waals surface area contributed by atoms with Crippen LogP contribution in [0.1, 0.15) is 6.92 Å². The van der Waals surface area contributed by atoms with Crippen LogP contribution in [0.2, 0.25) is 5.02 Å². The Labute approximate surface area is 159 Å². The van der Waals surface area contributed by atoms with Gasteiger partial charge in [-0.3, -0.25) is 19.2 Å². The monoisotopic (exact) mass is 415 g/mol. The standard InChI is InChI=1S/C16H15ClFN3O5S/c1-10(20(27(2,25)26)15-6-4-3-5-13(15)18)16(22)19-14-9-11(21(23)24)7-8-12(14)17/h3-10H,1-2H3,(H,19,22). The maximum absolute atomic E-state index is 14.1. The molecule has 0 saturated heterocycles. The first kappa shape index (κ1) is 20.6. The van der Waals surface area contributed by atoms with Crippen LogP contribution in [0.25, 0.3) is 0 Å². The highest BCUT2D eigenvalue weighted by Gasteiger charge is 2.31. The predicted octanol–water partition coefficient (Wildman–Crippen LogP) is 3.18. The minimum atomic E-state index is -4.02. The van der Waals surface area contributed by atoms with E-state index >= 15 is 0 Å². The van der Waals surface area contributed by atoms with Gasteiger partial charge >= 0.3 is 0 Å². The molecule has 1 atom stereocenters. The number of benzene rings is 2. The topological polar surface area (TPSA) is 110 Å². The van der Waals surface area contributed by atoms with Crippen molar-refractivity contribution in [2.75, 3.05) is 15.9 Å². The summed E-state index contributed by atoms with van der Waals surface area (Å²) in [5.74, 6) is -1.66. The number of nitrogens with one attached hydrogen (secondary N) is 1. The van der Waals surface area contributed by atoms with Crippen LogP contribution in [-0.4, -0.2) is 31.5 Å². The van der Waals surface area contributed by atoms with Crippen LogP contribution in [0.4, 0.5) is 21.5 Å². The van der Waals surface area contributed by atoms with Gasteiger partial charge in [0.15, 0.2) is 0 Å². The maximum Gasteiger partial charge on any atom is 0.271 e. The minimum Gasteiger partial charge on any atom is -0.323 e. The molecule has 0 aliphatic carbocycles. The lowest BCUT2D eigenvalue weighted by molar-refractivity contribution is -0.384. The molecule has 0 saturated carbocycles. The molecule has 0 aromatic heterocycles. The number of carbonyl (C=O) groups is 1. The molecule has 11 heteroatoms. The van der Waals surface area contributed by atoms with Gasteiger partial charge in [0, 0.05) is 12.1 Å². The number of halogens is 2. The number of hydrogen-bond donors (Lipinski definition) is 1. The Hall–Kier alpha value is -2.72. The molecule has 0 bridgehead atoms. The molecule has 0 heterocycles.